The molecule has 4 fully saturated rings. The number of halogens is 1. The van der Waals surface area contributed by atoms with Crippen molar-refractivity contribution in [2.75, 3.05) is 26.7 Å². The van der Waals surface area contributed by atoms with E-state index in [9.17, 15) is 27.6 Å². The lowest BCUT2D eigenvalue weighted by atomic mass is 9.77. The molecule has 58 heavy (non-hydrogen) atoms. The summed E-state index contributed by atoms with van der Waals surface area (Å²) in [6, 6.07) is 15.8. The molecule has 15 heteroatoms. The number of nitrogens with one attached hydrogen (secondary N) is 2. The fraction of sp³-hybridized carbons (Fsp3) is 0.512. The minimum Gasteiger partial charge on any atom is -0.497 e. The highest BCUT2D eigenvalue weighted by Gasteiger charge is 2.63. The van der Waals surface area contributed by atoms with E-state index in [4.69, 9.17) is 26.1 Å². The number of methoxy groups -OCH3 is 1. The minimum absolute atomic E-state index is 0.00920. The lowest BCUT2D eigenvalue weighted by Crippen LogP contribution is -2.57. The van der Waals surface area contributed by atoms with Gasteiger partial charge >= 0.3 is 0 Å². The first-order chi connectivity index (χ1) is 27.5. The number of rotatable bonds is 13. The molecular weight excluding hydrogens is 782 g/mol. The van der Waals surface area contributed by atoms with E-state index < -0.39 is 61.0 Å². The zero-order valence-electron chi connectivity index (χ0n) is 33.5. The number of carbonyl (C=O) groups is 4. The van der Waals surface area contributed by atoms with Crippen LogP contribution in [0.5, 0.6) is 11.5 Å². The first-order valence-electron chi connectivity index (χ1n) is 20.0. The number of hydrogen-bond donors (Lipinski definition) is 2. The zero-order valence-corrected chi connectivity index (χ0v) is 35.0. The van der Waals surface area contributed by atoms with Gasteiger partial charge in [-0.05, 0) is 56.1 Å². The summed E-state index contributed by atoms with van der Waals surface area (Å²) in [6.45, 7) is 10.8. The van der Waals surface area contributed by atoms with E-state index in [-0.39, 0.29) is 50.5 Å². The van der Waals surface area contributed by atoms with Gasteiger partial charge in [-0.1, -0.05) is 68.8 Å². The van der Waals surface area contributed by atoms with Crippen molar-refractivity contribution in [2.24, 2.45) is 17.3 Å². The summed E-state index contributed by atoms with van der Waals surface area (Å²) >= 11 is 6.21. The third-order valence-corrected chi connectivity index (χ3v) is 14.8. The van der Waals surface area contributed by atoms with E-state index in [1.165, 1.54) is 11.0 Å². The maximum Gasteiger partial charge on any atom is 0.259 e. The van der Waals surface area contributed by atoms with Gasteiger partial charge in [0, 0.05) is 54.9 Å². The molecule has 4 aliphatic rings. The Bertz CT molecular complexity index is 2220. The molecule has 13 nitrogen and oxygen atoms in total. The Balaban J connectivity index is 1.21. The summed E-state index contributed by atoms with van der Waals surface area (Å²) in [6.07, 6.45) is 4.20. The Kier molecular flexibility index (Phi) is 11.3. The van der Waals surface area contributed by atoms with Gasteiger partial charge in [-0.15, -0.1) is 6.58 Å². The second-order valence-electron chi connectivity index (χ2n) is 17.1. The molecule has 0 unspecified atom stereocenters. The van der Waals surface area contributed by atoms with Crippen molar-refractivity contribution in [3.63, 3.8) is 0 Å². The van der Waals surface area contributed by atoms with E-state index in [1.807, 2.05) is 74.2 Å². The molecule has 1 aromatic heterocycles. The van der Waals surface area contributed by atoms with Gasteiger partial charge in [-0.2, -0.15) is 0 Å². The Labute approximate surface area is 344 Å². The van der Waals surface area contributed by atoms with Crippen LogP contribution in [0.2, 0.25) is 0 Å². The highest BCUT2D eigenvalue weighted by atomic mass is 35.5. The predicted octanol–water partition coefficient (Wildman–Crippen LogP) is 5.56. The van der Waals surface area contributed by atoms with Gasteiger partial charge in [0.1, 0.15) is 29.2 Å². The number of aromatic nitrogens is 1. The van der Waals surface area contributed by atoms with Gasteiger partial charge in [0.2, 0.25) is 17.7 Å². The van der Waals surface area contributed by atoms with Crippen LogP contribution in [-0.4, -0.2) is 95.5 Å². The molecule has 2 saturated carbocycles. The molecule has 0 radical (unpaired) electrons. The van der Waals surface area contributed by atoms with Crippen LogP contribution in [0.4, 0.5) is 0 Å². The van der Waals surface area contributed by atoms with Crippen molar-refractivity contribution >= 4 is 56.2 Å². The molecule has 2 aliphatic heterocycles. The van der Waals surface area contributed by atoms with Crippen molar-refractivity contribution < 1.29 is 37.1 Å². The van der Waals surface area contributed by atoms with Crippen LogP contribution in [0.3, 0.4) is 0 Å². The molecule has 3 aromatic rings. The predicted molar refractivity (Wildman–Crippen MR) is 220 cm³/mol. The number of alkyl halides is 1. The van der Waals surface area contributed by atoms with Gasteiger partial charge in [0.05, 0.1) is 30.8 Å². The standard InChI is InChI=1S/C43H52ClN5O8S/c1-6-28-25-43(28,40(53)47-58(54,55)42(44)17-18-42)46-38(51)35-22-30(26-49(35)39(52)32(41(2,3)4)23-37(50)48-19-11-8-12-20-48)57-36-24-33(27-13-9-7-10-14-27)45-34-21-29(56-5)15-16-31(34)36/h6-7,9-10,13-16,21,24,28,30,32,35H,1,8,11-12,17-20,22-23,25-26H2,2-5H3,(H,46,51)(H,47,53)/t28-,30+,32+,35-,43+/m0/s1. The summed E-state index contributed by atoms with van der Waals surface area (Å²) in [4.78, 5) is 65.0. The van der Waals surface area contributed by atoms with Crippen molar-refractivity contribution in [3.05, 3.63) is 67.3 Å². The molecule has 2 saturated heterocycles. The molecule has 2 N–H and O–H groups in total. The van der Waals surface area contributed by atoms with E-state index in [1.54, 1.807) is 13.2 Å². The number of sulfonamides is 1. The molecular formula is C43H52ClN5O8S. The zero-order chi connectivity index (χ0) is 41.6. The van der Waals surface area contributed by atoms with Gasteiger partial charge in [0.15, 0.2) is 4.21 Å². The summed E-state index contributed by atoms with van der Waals surface area (Å²) in [7, 11) is -2.65. The van der Waals surface area contributed by atoms with Gasteiger partial charge < -0.3 is 24.6 Å². The minimum atomic E-state index is -4.23. The van der Waals surface area contributed by atoms with Crippen molar-refractivity contribution in [2.45, 2.75) is 94.0 Å². The van der Waals surface area contributed by atoms with Crippen molar-refractivity contribution in [3.8, 4) is 22.8 Å². The number of ether oxygens (including phenoxy) is 2. The van der Waals surface area contributed by atoms with E-state index in [0.29, 0.717) is 41.2 Å². The average molecular weight is 834 g/mol. The van der Waals surface area contributed by atoms with Crippen LogP contribution in [0.1, 0.15) is 72.1 Å². The van der Waals surface area contributed by atoms with Crippen LogP contribution in [0.25, 0.3) is 22.2 Å². The highest BCUT2D eigenvalue weighted by Crippen LogP contribution is 2.49. The molecule has 0 spiro atoms. The number of pyridine rings is 1. The highest BCUT2D eigenvalue weighted by molar-refractivity contribution is 7.93. The van der Waals surface area contributed by atoms with Crippen LogP contribution >= 0.6 is 11.6 Å². The summed E-state index contributed by atoms with van der Waals surface area (Å²) in [5.41, 5.74) is -0.138. The van der Waals surface area contributed by atoms with Crippen LogP contribution in [0.15, 0.2) is 67.3 Å². The van der Waals surface area contributed by atoms with Crippen LogP contribution in [0, 0.1) is 17.3 Å². The molecule has 5 atom stereocenters. The first kappa shape index (κ1) is 41.5. The fourth-order valence-corrected chi connectivity index (χ4v) is 9.59. The molecule has 2 aromatic carbocycles. The van der Waals surface area contributed by atoms with Gasteiger partial charge in [-0.3, -0.25) is 19.2 Å². The lowest BCUT2D eigenvalue weighted by Gasteiger charge is -2.36. The summed E-state index contributed by atoms with van der Waals surface area (Å²) < 4.78 is 38.8. The number of piperidine rings is 1. The maximum absolute atomic E-state index is 14.9. The number of nitrogens with zero attached hydrogens (tertiary/aromatic N) is 3. The second kappa shape index (κ2) is 15.8. The number of likely N-dealkylation sites (tertiary alicyclic amines) is 2. The molecule has 3 heterocycles. The molecule has 2 aliphatic carbocycles. The number of carbonyl (C=O) groups excluding carboxylic acids is 4. The SMILES string of the molecule is C=C[C@H]1C[C@]1(NC(=O)[C@@H]1C[C@@H](Oc2cc(-c3ccccc3)nc3cc(OC)ccc23)CN1C(=O)[C@@H](CC(=O)N1CCCCC1)C(C)(C)C)C(=O)NS(=O)(=O)C1(Cl)CC1. The normalized spacial score (nSPS) is 24.4. The summed E-state index contributed by atoms with van der Waals surface area (Å²) in [5.74, 6) is -2.28. The van der Waals surface area contributed by atoms with Gasteiger partial charge in [-0.25, -0.2) is 18.1 Å². The van der Waals surface area contributed by atoms with Crippen LogP contribution in [-0.2, 0) is 29.2 Å². The Morgan fingerprint density at radius 3 is 2.38 bits per heavy atom. The van der Waals surface area contributed by atoms with Crippen LogP contribution < -0.4 is 19.5 Å². The lowest BCUT2D eigenvalue weighted by molar-refractivity contribution is -0.148. The molecule has 4 amide bonds. The number of benzene rings is 2. The van der Waals surface area contributed by atoms with E-state index in [0.717, 1.165) is 24.8 Å². The van der Waals surface area contributed by atoms with E-state index in [2.05, 4.69) is 16.6 Å². The number of hydrogen-bond acceptors (Lipinski definition) is 9. The largest absolute Gasteiger partial charge is 0.497 e. The molecule has 310 valence electrons. The monoisotopic (exact) mass is 833 g/mol. The number of fused-ring (bicyclic) bond motifs is 1. The smallest absolute Gasteiger partial charge is 0.259 e. The Morgan fingerprint density at radius 1 is 1.05 bits per heavy atom. The van der Waals surface area contributed by atoms with Gasteiger partial charge in [0.25, 0.3) is 15.9 Å². The Hall–Kier alpha value is -4.69. The quantitative estimate of drug-likeness (QED) is 0.166. The Morgan fingerprint density at radius 2 is 1.76 bits per heavy atom. The third kappa shape index (κ3) is 8.27. The second-order valence-corrected chi connectivity index (χ2v) is 20.1. The average Bonchev–Trinajstić information content (AvgIpc) is 4.10. The topological polar surface area (TPSA) is 164 Å². The number of amides is 4. The fourth-order valence-electron chi connectivity index (χ4n) is 8.13. The maximum atomic E-state index is 14.9. The van der Waals surface area contributed by atoms with Crippen molar-refractivity contribution in [1.82, 2.24) is 24.8 Å². The molecule has 0 bridgehead atoms. The third-order valence-electron chi connectivity index (χ3n) is 12.0. The molecule has 7 rings (SSSR count). The van der Waals surface area contributed by atoms with E-state index >= 15 is 0 Å². The van der Waals surface area contributed by atoms with Crippen molar-refractivity contribution in [1.29, 1.82) is 0 Å². The first-order valence-corrected chi connectivity index (χ1v) is 21.8. The summed E-state index contributed by atoms with van der Waals surface area (Å²) in [5, 5.41) is 3.54.